The van der Waals surface area contributed by atoms with Crippen LogP contribution in [0.15, 0.2) is 72.8 Å². The number of carbonyl (C=O) groups excluding carboxylic acids is 2. The van der Waals surface area contributed by atoms with Gasteiger partial charge in [-0.2, -0.15) is 0 Å². The van der Waals surface area contributed by atoms with Gasteiger partial charge < -0.3 is 25.0 Å². The van der Waals surface area contributed by atoms with Crippen LogP contribution in [0.25, 0.3) is 11.1 Å². The van der Waals surface area contributed by atoms with Gasteiger partial charge in [0.2, 0.25) is 0 Å². The molecular weight excluding hydrogens is 422 g/mol. The second-order valence-electron chi connectivity index (χ2n) is 7.84. The minimum absolute atomic E-state index is 0.0697. The van der Waals surface area contributed by atoms with Crippen LogP contribution in [0.3, 0.4) is 0 Å². The molecule has 0 aromatic heterocycles. The van der Waals surface area contributed by atoms with Crippen molar-refractivity contribution in [2.45, 2.75) is 18.1 Å². The van der Waals surface area contributed by atoms with Crippen LogP contribution in [0.2, 0.25) is 0 Å². The summed E-state index contributed by atoms with van der Waals surface area (Å²) in [5.74, 6) is -0.616. The molecule has 3 aromatic carbocycles. The van der Waals surface area contributed by atoms with Crippen molar-refractivity contribution in [1.29, 1.82) is 0 Å². The molecular formula is C26H25NO6. The molecule has 4 rings (SSSR count). The molecule has 170 valence electrons. The molecule has 3 aromatic rings. The predicted octanol–water partition coefficient (Wildman–Crippen LogP) is 3.41. The molecule has 0 saturated carbocycles. The number of rotatable bonds is 7. The van der Waals surface area contributed by atoms with Crippen molar-refractivity contribution in [1.82, 2.24) is 5.32 Å². The zero-order chi connectivity index (χ0) is 23.4. The summed E-state index contributed by atoms with van der Waals surface area (Å²) in [6.07, 6.45) is -3.28. The Bertz CT molecular complexity index is 1120. The highest BCUT2D eigenvalue weighted by Crippen LogP contribution is 2.44. The van der Waals surface area contributed by atoms with Gasteiger partial charge in [0.25, 0.3) is 0 Å². The molecule has 0 radical (unpaired) electrons. The molecule has 7 heteroatoms. The Morgan fingerprint density at radius 2 is 1.58 bits per heavy atom. The Morgan fingerprint density at radius 1 is 0.939 bits per heavy atom. The second kappa shape index (κ2) is 9.85. The number of methoxy groups -OCH3 is 1. The summed E-state index contributed by atoms with van der Waals surface area (Å²) in [4.78, 5) is 24.0. The van der Waals surface area contributed by atoms with Crippen molar-refractivity contribution >= 4 is 12.1 Å². The maximum atomic E-state index is 12.3. The number of ether oxygens (including phenoxy) is 2. The van der Waals surface area contributed by atoms with Crippen molar-refractivity contribution in [2.75, 3.05) is 20.3 Å². The van der Waals surface area contributed by atoms with Gasteiger partial charge in [0.05, 0.1) is 12.7 Å². The van der Waals surface area contributed by atoms with Gasteiger partial charge in [0.1, 0.15) is 18.8 Å². The number of esters is 1. The van der Waals surface area contributed by atoms with Crippen molar-refractivity contribution in [3.63, 3.8) is 0 Å². The first-order chi connectivity index (χ1) is 16.0. The van der Waals surface area contributed by atoms with Crippen LogP contribution in [0.5, 0.6) is 0 Å². The molecule has 2 unspecified atom stereocenters. The number of alkyl carbamates (subject to hydrolysis) is 1. The number of aliphatic hydroxyl groups is 2. The molecule has 7 nitrogen and oxygen atoms in total. The maximum Gasteiger partial charge on any atom is 0.407 e. The van der Waals surface area contributed by atoms with Gasteiger partial charge in [-0.25, -0.2) is 9.59 Å². The van der Waals surface area contributed by atoms with Crippen molar-refractivity contribution in [3.8, 4) is 11.1 Å². The van der Waals surface area contributed by atoms with Gasteiger partial charge in [-0.3, -0.25) is 0 Å². The molecule has 1 aliphatic carbocycles. The van der Waals surface area contributed by atoms with Gasteiger partial charge in [-0.15, -0.1) is 0 Å². The minimum Gasteiger partial charge on any atom is -0.465 e. The Morgan fingerprint density at radius 3 is 2.21 bits per heavy atom. The quantitative estimate of drug-likeness (QED) is 0.480. The largest absolute Gasteiger partial charge is 0.465 e. The maximum absolute atomic E-state index is 12.3. The number of aliphatic hydroxyl groups excluding tert-OH is 2. The fourth-order valence-electron chi connectivity index (χ4n) is 4.14. The van der Waals surface area contributed by atoms with Crippen LogP contribution >= 0.6 is 0 Å². The number of hydrogen-bond donors (Lipinski definition) is 3. The first kappa shape index (κ1) is 22.5. The molecule has 0 bridgehead atoms. The van der Waals surface area contributed by atoms with E-state index in [1.54, 1.807) is 18.2 Å². The Labute approximate surface area is 191 Å². The molecule has 33 heavy (non-hydrogen) atoms. The van der Waals surface area contributed by atoms with Crippen LogP contribution in [-0.4, -0.2) is 48.6 Å². The molecule has 0 spiro atoms. The van der Waals surface area contributed by atoms with E-state index >= 15 is 0 Å². The SMILES string of the molecule is COC(=O)c1cccc(C(O)C(O)CNC(=O)OCC2c3ccccc3-c3ccccc32)c1. The van der Waals surface area contributed by atoms with E-state index < -0.39 is 24.3 Å². The summed E-state index contributed by atoms with van der Waals surface area (Å²) < 4.78 is 10.1. The lowest BCUT2D eigenvalue weighted by Gasteiger charge is -2.19. The summed E-state index contributed by atoms with van der Waals surface area (Å²) in [6, 6.07) is 22.2. The van der Waals surface area contributed by atoms with Crippen molar-refractivity contribution < 1.29 is 29.3 Å². The van der Waals surface area contributed by atoms with E-state index in [1.807, 2.05) is 36.4 Å². The van der Waals surface area contributed by atoms with Crippen LogP contribution in [0, 0.1) is 0 Å². The predicted molar refractivity (Wildman–Crippen MR) is 122 cm³/mol. The first-order valence-corrected chi connectivity index (χ1v) is 10.6. The molecule has 2 atom stereocenters. The third-order valence-electron chi connectivity index (χ3n) is 5.81. The topological polar surface area (TPSA) is 105 Å². The average molecular weight is 447 g/mol. The van der Waals surface area contributed by atoms with E-state index in [4.69, 9.17) is 4.74 Å². The van der Waals surface area contributed by atoms with E-state index in [9.17, 15) is 19.8 Å². The van der Waals surface area contributed by atoms with E-state index in [1.165, 1.54) is 13.2 Å². The summed E-state index contributed by atoms with van der Waals surface area (Å²) in [6.45, 7) is -0.0695. The van der Waals surface area contributed by atoms with Gasteiger partial charge in [0.15, 0.2) is 0 Å². The molecule has 0 aliphatic heterocycles. The Kier molecular flexibility index (Phi) is 6.72. The van der Waals surface area contributed by atoms with Crippen LogP contribution in [0.1, 0.15) is 39.1 Å². The number of hydrogen-bond acceptors (Lipinski definition) is 6. The monoisotopic (exact) mass is 447 g/mol. The lowest BCUT2D eigenvalue weighted by atomic mass is 9.98. The number of benzene rings is 3. The molecule has 0 fully saturated rings. The average Bonchev–Trinajstić information content (AvgIpc) is 3.18. The molecule has 0 heterocycles. The summed E-state index contributed by atoms with van der Waals surface area (Å²) in [5.41, 5.74) is 5.06. The molecule has 1 amide bonds. The highest BCUT2D eigenvalue weighted by Gasteiger charge is 2.29. The number of fused-ring (bicyclic) bond motifs is 3. The third kappa shape index (κ3) is 4.74. The van der Waals surface area contributed by atoms with E-state index in [2.05, 4.69) is 22.2 Å². The minimum atomic E-state index is -1.30. The number of amides is 1. The van der Waals surface area contributed by atoms with Crippen LogP contribution in [-0.2, 0) is 9.47 Å². The fraction of sp³-hybridized carbons (Fsp3) is 0.231. The first-order valence-electron chi connectivity index (χ1n) is 10.6. The number of carbonyl (C=O) groups is 2. The number of nitrogens with one attached hydrogen (secondary N) is 1. The van der Waals surface area contributed by atoms with Gasteiger partial charge >= 0.3 is 12.1 Å². The lowest BCUT2D eigenvalue weighted by molar-refractivity contribution is 0.0184. The molecule has 0 saturated heterocycles. The second-order valence-corrected chi connectivity index (χ2v) is 7.84. The highest BCUT2D eigenvalue weighted by atomic mass is 16.5. The lowest BCUT2D eigenvalue weighted by Crippen LogP contribution is -2.36. The van der Waals surface area contributed by atoms with E-state index in [0.29, 0.717) is 5.56 Å². The Hall–Kier alpha value is -3.68. The normalized spacial score (nSPS) is 14.0. The zero-order valence-electron chi connectivity index (χ0n) is 18.1. The van der Waals surface area contributed by atoms with Gasteiger partial charge in [0, 0.05) is 12.5 Å². The highest BCUT2D eigenvalue weighted by molar-refractivity contribution is 5.89. The van der Waals surface area contributed by atoms with Crippen LogP contribution < -0.4 is 5.32 Å². The van der Waals surface area contributed by atoms with Crippen LogP contribution in [0.4, 0.5) is 4.79 Å². The van der Waals surface area contributed by atoms with E-state index in [-0.39, 0.29) is 24.6 Å². The molecule has 3 N–H and O–H groups in total. The zero-order valence-corrected chi connectivity index (χ0v) is 18.1. The van der Waals surface area contributed by atoms with Gasteiger partial charge in [-0.05, 0) is 39.9 Å². The molecule has 1 aliphatic rings. The smallest absolute Gasteiger partial charge is 0.407 e. The third-order valence-corrected chi connectivity index (χ3v) is 5.81. The van der Waals surface area contributed by atoms with Gasteiger partial charge in [-0.1, -0.05) is 60.7 Å². The van der Waals surface area contributed by atoms with E-state index in [0.717, 1.165) is 22.3 Å². The summed E-state index contributed by atoms with van der Waals surface area (Å²) >= 11 is 0. The fourth-order valence-corrected chi connectivity index (χ4v) is 4.14. The summed E-state index contributed by atoms with van der Waals surface area (Å²) in [5, 5.41) is 23.2. The summed E-state index contributed by atoms with van der Waals surface area (Å²) in [7, 11) is 1.26. The van der Waals surface area contributed by atoms with Crippen molar-refractivity contribution in [3.05, 3.63) is 95.1 Å². The standard InChI is InChI=1S/C26H25NO6/c1-32-25(30)17-8-6-7-16(13-17)24(29)23(28)14-27-26(31)33-15-22-20-11-4-2-9-18(20)19-10-3-5-12-21(19)22/h2-13,22-24,28-29H,14-15H2,1H3,(H,27,31). The van der Waals surface area contributed by atoms with Crippen molar-refractivity contribution in [2.24, 2.45) is 0 Å². The Balaban J connectivity index is 1.33.